The molecule has 0 saturated carbocycles. The van der Waals surface area contributed by atoms with Crippen molar-refractivity contribution in [3.8, 4) is 5.75 Å². The minimum Gasteiger partial charge on any atom is -0.497 e. The molecule has 1 fully saturated rings. The van der Waals surface area contributed by atoms with E-state index in [1.54, 1.807) is 16.5 Å². The number of piperidine rings is 1. The molecule has 0 atom stereocenters. The molecule has 1 aliphatic rings. The summed E-state index contributed by atoms with van der Waals surface area (Å²) in [4.78, 5) is 15.9. The average Bonchev–Trinajstić information content (AvgIpc) is 3.77. The molecule has 0 radical (unpaired) electrons. The van der Waals surface area contributed by atoms with Gasteiger partial charge < -0.3 is 4.74 Å². The molecule has 1 saturated heterocycles. The zero-order chi connectivity index (χ0) is 32.1. The first-order chi connectivity index (χ1) is 23.1. The minimum atomic E-state index is -0.593. The summed E-state index contributed by atoms with van der Waals surface area (Å²) in [7, 11) is 1.65. The number of nitrogens with zero attached hydrogens (tertiary/aromatic N) is 7. The largest absolute Gasteiger partial charge is 0.497 e. The Balaban J connectivity index is 1.18. The van der Waals surface area contributed by atoms with Crippen molar-refractivity contribution in [2.45, 2.75) is 25.0 Å². The van der Waals surface area contributed by atoms with Crippen LogP contribution in [0, 0.1) is 0 Å². The average molecular weight is 622 g/mol. The Morgan fingerprint density at radius 3 is 2.00 bits per heavy atom. The lowest BCUT2D eigenvalue weighted by Crippen LogP contribution is -2.52. The van der Waals surface area contributed by atoms with Crippen LogP contribution in [0.5, 0.6) is 5.75 Å². The number of ether oxygens (including phenoxy) is 1. The highest BCUT2D eigenvalue weighted by molar-refractivity contribution is 6.00. The summed E-state index contributed by atoms with van der Waals surface area (Å²) in [6.45, 7) is 2.02. The summed E-state index contributed by atoms with van der Waals surface area (Å²) in [6.07, 6.45) is 4.24. The van der Waals surface area contributed by atoms with Gasteiger partial charge in [0.1, 0.15) is 12.3 Å². The molecular formula is C38H35N7O2. The molecule has 0 bridgehead atoms. The Kier molecular flexibility index (Phi) is 8.53. The lowest BCUT2D eigenvalue weighted by Gasteiger charge is -2.47. The predicted octanol–water partition coefficient (Wildman–Crippen LogP) is 5.63. The van der Waals surface area contributed by atoms with Crippen molar-refractivity contribution in [2.24, 2.45) is 0 Å². The first-order valence-electron chi connectivity index (χ1n) is 15.7. The minimum absolute atomic E-state index is 0.141. The fraction of sp³-hybridized carbons (Fsp3) is 0.184. The quantitative estimate of drug-likeness (QED) is 0.145. The summed E-state index contributed by atoms with van der Waals surface area (Å²) in [5.74, 6) is 1.62. The fourth-order valence-electron chi connectivity index (χ4n) is 6.50. The Bertz CT molecular complexity index is 1870. The van der Waals surface area contributed by atoms with Crippen LogP contribution in [0.15, 0.2) is 133 Å². The van der Waals surface area contributed by atoms with Crippen molar-refractivity contribution in [3.63, 3.8) is 0 Å². The van der Waals surface area contributed by atoms with E-state index in [2.05, 4.69) is 93.2 Å². The summed E-state index contributed by atoms with van der Waals surface area (Å²) < 4.78 is 8.83. The van der Waals surface area contributed by atoms with Gasteiger partial charge in [-0.2, -0.15) is 5.10 Å². The van der Waals surface area contributed by atoms with Crippen molar-refractivity contribution in [3.05, 3.63) is 167 Å². The molecule has 2 aromatic heterocycles. The molecule has 3 heterocycles. The van der Waals surface area contributed by atoms with Gasteiger partial charge in [0.05, 0.1) is 24.9 Å². The molecule has 1 aliphatic heterocycles. The summed E-state index contributed by atoms with van der Waals surface area (Å²) in [5, 5.41) is 17.1. The predicted molar refractivity (Wildman–Crippen MR) is 180 cm³/mol. The molecule has 7 rings (SSSR count). The number of benzene rings is 4. The molecule has 234 valence electrons. The van der Waals surface area contributed by atoms with Crippen LogP contribution in [0.25, 0.3) is 6.08 Å². The van der Waals surface area contributed by atoms with Crippen LogP contribution >= 0.6 is 0 Å². The number of likely N-dealkylation sites (tertiary alicyclic amines) is 1. The second kappa shape index (κ2) is 13.4. The van der Waals surface area contributed by atoms with E-state index in [4.69, 9.17) is 9.84 Å². The summed E-state index contributed by atoms with van der Waals surface area (Å²) in [5.41, 5.74) is 5.38. The van der Waals surface area contributed by atoms with Crippen LogP contribution in [0.1, 0.15) is 40.2 Å². The maximum absolute atomic E-state index is 13.4. The molecule has 0 spiro atoms. The van der Waals surface area contributed by atoms with E-state index in [0.717, 1.165) is 33.6 Å². The SMILES string of the molecule is COc1ccc(Cn2nnnc2Cn2ccc(/C=C3\CN(C(c4ccccc4)(c4ccccc4)c4ccccc4)CCC3=O)n2)cc1. The number of Topliss-reactive ketones (excluding diaryl/α,β-unsaturated/α-hetero) is 1. The molecule has 0 N–H and O–H groups in total. The lowest BCUT2D eigenvalue weighted by molar-refractivity contribution is -0.117. The lowest BCUT2D eigenvalue weighted by atomic mass is 9.74. The van der Waals surface area contributed by atoms with Crippen molar-refractivity contribution in [2.75, 3.05) is 20.2 Å². The summed E-state index contributed by atoms with van der Waals surface area (Å²) >= 11 is 0. The van der Waals surface area contributed by atoms with Crippen LogP contribution in [-0.2, 0) is 23.4 Å². The van der Waals surface area contributed by atoms with Gasteiger partial charge in [-0.05, 0) is 57.0 Å². The Labute approximate surface area is 273 Å². The van der Waals surface area contributed by atoms with Gasteiger partial charge in [-0.15, -0.1) is 5.10 Å². The van der Waals surface area contributed by atoms with Gasteiger partial charge in [0.25, 0.3) is 0 Å². The van der Waals surface area contributed by atoms with E-state index in [1.165, 1.54) is 0 Å². The van der Waals surface area contributed by atoms with Crippen LogP contribution in [-0.4, -0.2) is 60.9 Å². The van der Waals surface area contributed by atoms with Crippen molar-refractivity contribution in [1.82, 2.24) is 34.9 Å². The molecule has 6 aromatic rings. The van der Waals surface area contributed by atoms with Gasteiger partial charge in [-0.3, -0.25) is 14.4 Å². The third-order valence-electron chi connectivity index (χ3n) is 8.76. The number of hydrogen-bond acceptors (Lipinski definition) is 7. The highest BCUT2D eigenvalue weighted by atomic mass is 16.5. The van der Waals surface area contributed by atoms with Crippen LogP contribution in [0.2, 0.25) is 0 Å². The van der Waals surface area contributed by atoms with Crippen LogP contribution < -0.4 is 4.74 Å². The molecule has 0 amide bonds. The Morgan fingerprint density at radius 2 is 1.40 bits per heavy atom. The van der Waals surface area contributed by atoms with E-state index in [0.29, 0.717) is 44.1 Å². The molecule has 4 aromatic carbocycles. The van der Waals surface area contributed by atoms with Crippen LogP contribution in [0.3, 0.4) is 0 Å². The third kappa shape index (κ3) is 6.13. The van der Waals surface area contributed by atoms with Gasteiger partial charge in [0, 0.05) is 31.3 Å². The number of rotatable bonds is 10. The maximum atomic E-state index is 13.4. The third-order valence-corrected chi connectivity index (χ3v) is 8.76. The van der Waals surface area contributed by atoms with Crippen LogP contribution in [0.4, 0.5) is 0 Å². The van der Waals surface area contributed by atoms with Gasteiger partial charge in [0.15, 0.2) is 11.6 Å². The number of hydrogen-bond donors (Lipinski definition) is 0. The summed E-state index contributed by atoms with van der Waals surface area (Å²) in [6, 6.07) is 41.5. The normalized spacial score (nSPS) is 14.8. The van der Waals surface area contributed by atoms with Gasteiger partial charge in [-0.25, -0.2) is 4.68 Å². The Morgan fingerprint density at radius 1 is 0.787 bits per heavy atom. The molecule has 0 unspecified atom stereocenters. The second-order valence-corrected chi connectivity index (χ2v) is 11.6. The number of methoxy groups -OCH3 is 1. The van der Waals surface area contributed by atoms with Crippen molar-refractivity contribution >= 4 is 11.9 Å². The first-order valence-corrected chi connectivity index (χ1v) is 15.7. The topological polar surface area (TPSA) is 91.0 Å². The van der Waals surface area contributed by atoms with E-state index >= 15 is 0 Å². The van der Waals surface area contributed by atoms with E-state index < -0.39 is 5.54 Å². The molecule has 0 aliphatic carbocycles. The van der Waals surface area contributed by atoms with Gasteiger partial charge >= 0.3 is 0 Å². The number of carbonyl (C=O) groups is 1. The van der Waals surface area contributed by atoms with Gasteiger partial charge in [0.2, 0.25) is 0 Å². The number of carbonyl (C=O) groups excluding carboxylic acids is 1. The molecule has 9 nitrogen and oxygen atoms in total. The standard InChI is InChI=1S/C38H35N7O2/c1-47-35-19-17-29(18-20-35)26-45-37(39-41-42-45)28-44-24-21-34(40-44)25-30-27-43(23-22-36(30)46)38(31-11-5-2-6-12-31,32-13-7-3-8-14-32)33-15-9-4-10-16-33/h2-21,24-25H,22-23,26-28H2,1H3/b30-25+. The first kappa shape index (κ1) is 30.0. The van der Waals surface area contributed by atoms with E-state index in [-0.39, 0.29) is 5.78 Å². The molecule has 47 heavy (non-hydrogen) atoms. The van der Waals surface area contributed by atoms with Gasteiger partial charge in [-0.1, -0.05) is 103 Å². The number of aromatic nitrogens is 6. The van der Waals surface area contributed by atoms with Crippen molar-refractivity contribution in [1.29, 1.82) is 0 Å². The maximum Gasteiger partial charge on any atom is 0.173 e. The van der Waals surface area contributed by atoms with Crippen molar-refractivity contribution < 1.29 is 9.53 Å². The highest BCUT2D eigenvalue weighted by Gasteiger charge is 2.44. The highest BCUT2D eigenvalue weighted by Crippen LogP contribution is 2.44. The Hall–Kier alpha value is -5.67. The number of tetrazole rings is 1. The number of ketones is 1. The molecular weight excluding hydrogens is 586 g/mol. The smallest absolute Gasteiger partial charge is 0.173 e. The monoisotopic (exact) mass is 621 g/mol. The van der Waals surface area contributed by atoms with E-state index in [1.807, 2.05) is 60.8 Å². The molecule has 9 heteroatoms. The second-order valence-electron chi connectivity index (χ2n) is 11.6. The fourth-order valence-corrected chi connectivity index (χ4v) is 6.50. The zero-order valence-corrected chi connectivity index (χ0v) is 26.2. The zero-order valence-electron chi connectivity index (χ0n) is 26.2. The van der Waals surface area contributed by atoms with E-state index in [9.17, 15) is 4.79 Å².